The number of aryl methyl sites for hydroxylation is 3. The molecule has 7 heteroatoms. The summed E-state index contributed by atoms with van der Waals surface area (Å²) in [5.74, 6) is -0.321. The van der Waals surface area contributed by atoms with E-state index in [4.69, 9.17) is 16.3 Å². The summed E-state index contributed by atoms with van der Waals surface area (Å²) in [4.78, 5) is 22.7. The number of carbonyl (C=O) groups is 1. The molecule has 1 amide bonds. The third-order valence-electron chi connectivity index (χ3n) is 3.42. The van der Waals surface area contributed by atoms with Gasteiger partial charge in [0, 0.05) is 16.8 Å². The van der Waals surface area contributed by atoms with Gasteiger partial charge in [-0.3, -0.25) is 14.9 Å². The van der Waals surface area contributed by atoms with Crippen molar-refractivity contribution in [3.8, 4) is 5.75 Å². The molecule has 0 aromatic heterocycles. The molecule has 0 saturated carbocycles. The summed E-state index contributed by atoms with van der Waals surface area (Å²) in [6.07, 6.45) is 0. The first-order chi connectivity index (χ1) is 11.3. The number of carbonyl (C=O) groups excluding carboxylic acids is 1. The van der Waals surface area contributed by atoms with E-state index in [1.54, 1.807) is 38.1 Å². The highest BCUT2D eigenvalue weighted by Crippen LogP contribution is 2.32. The van der Waals surface area contributed by atoms with Crippen molar-refractivity contribution in [3.63, 3.8) is 0 Å². The van der Waals surface area contributed by atoms with Crippen LogP contribution in [0.2, 0.25) is 5.02 Å². The van der Waals surface area contributed by atoms with Crippen molar-refractivity contribution in [2.45, 2.75) is 20.8 Å². The van der Waals surface area contributed by atoms with Gasteiger partial charge in [-0.15, -0.1) is 0 Å². The molecule has 0 bridgehead atoms. The van der Waals surface area contributed by atoms with Crippen molar-refractivity contribution in [2.24, 2.45) is 0 Å². The summed E-state index contributed by atoms with van der Waals surface area (Å²) in [7, 11) is 0. The Morgan fingerprint density at radius 3 is 2.58 bits per heavy atom. The maximum absolute atomic E-state index is 12.1. The van der Waals surface area contributed by atoms with E-state index < -0.39 is 10.8 Å². The molecular weight excluding hydrogens is 332 g/mol. The minimum atomic E-state index is -0.519. The number of anilines is 1. The molecule has 2 rings (SSSR count). The number of nitro benzene ring substituents is 1. The van der Waals surface area contributed by atoms with Gasteiger partial charge in [-0.05, 0) is 49.6 Å². The van der Waals surface area contributed by atoms with Crippen molar-refractivity contribution < 1.29 is 14.5 Å². The molecule has 126 valence electrons. The number of nitro groups is 1. The zero-order valence-electron chi connectivity index (χ0n) is 13.6. The van der Waals surface area contributed by atoms with Crippen LogP contribution < -0.4 is 10.1 Å². The third kappa shape index (κ3) is 4.23. The minimum Gasteiger partial charge on any atom is -0.477 e. The highest BCUT2D eigenvalue weighted by atomic mass is 35.5. The number of rotatable bonds is 5. The van der Waals surface area contributed by atoms with E-state index in [1.807, 2.05) is 6.92 Å². The second-order valence-corrected chi connectivity index (χ2v) is 5.92. The van der Waals surface area contributed by atoms with Gasteiger partial charge in [0.15, 0.2) is 6.61 Å². The summed E-state index contributed by atoms with van der Waals surface area (Å²) in [5.41, 5.74) is 2.63. The lowest BCUT2D eigenvalue weighted by Gasteiger charge is -2.12. The zero-order valence-corrected chi connectivity index (χ0v) is 14.3. The second kappa shape index (κ2) is 7.31. The van der Waals surface area contributed by atoms with Crippen LogP contribution in [0.25, 0.3) is 0 Å². The van der Waals surface area contributed by atoms with Gasteiger partial charge >= 0.3 is 5.69 Å². The minimum absolute atomic E-state index is 0.101. The van der Waals surface area contributed by atoms with Gasteiger partial charge in [0.1, 0.15) is 0 Å². The normalized spacial score (nSPS) is 10.3. The number of amides is 1. The molecule has 6 nitrogen and oxygen atoms in total. The fourth-order valence-corrected chi connectivity index (χ4v) is 2.48. The largest absolute Gasteiger partial charge is 0.477 e. The smallest absolute Gasteiger partial charge is 0.311 e. The van der Waals surface area contributed by atoms with E-state index in [2.05, 4.69) is 5.32 Å². The Kier molecular flexibility index (Phi) is 5.41. The van der Waals surface area contributed by atoms with Crippen molar-refractivity contribution in [1.29, 1.82) is 0 Å². The van der Waals surface area contributed by atoms with Crippen LogP contribution in [0.3, 0.4) is 0 Å². The average molecular weight is 349 g/mol. The molecule has 0 spiro atoms. The van der Waals surface area contributed by atoms with E-state index in [0.29, 0.717) is 16.3 Å². The summed E-state index contributed by atoms with van der Waals surface area (Å²) in [5, 5.41) is 14.3. The number of nitrogens with one attached hydrogen (secondary N) is 1. The zero-order chi connectivity index (χ0) is 17.9. The number of benzene rings is 2. The van der Waals surface area contributed by atoms with Crippen LogP contribution in [0.5, 0.6) is 5.75 Å². The maximum Gasteiger partial charge on any atom is 0.311 e. The molecule has 0 unspecified atom stereocenters. The monoisotopic (exact) mass is 348 g/mol. The van der Waals surface area contributed by atoms with E-state index >= 15 is 0 Å². The lowest BCUT2D eigenvalue weighted by Crippen LogP contribution is -2.21. The van der Waals surface area contributed by atoms with Gasteiger partial charge in [0.25, 0.3) is 5.91 Å². The standard InChI is InChI=1S/C17H17ClN2O4/c1-10-6-12(3)17(15(7-10)20(22)23)24-9-16(21)19-14-8-13(18)5-4-11(14)2/h4-8H,9H2,1-3H3,(H,19,21). The van der Waals surface area contributed by atoms with Crippen LogP contribution >= 0.6 is 11.6 Å². The van der Waals surface area contributed by atoms with Gasteiger partial charge in [0.05, 0.1) is 4.92 Å². The molecule has 0 aliphatic carbocycles. The molecule has 0 radical (unpaired) electrons. The molecule has 24 heavy (non-hydrogen) atoms. The molecule has 2 aromatic rings. The third-order valence-corrected chi connectivity index (χ3v) is 3.65. The van der Waals surface area contributed by atoms with E-state index in [1.165, 1.54) is 6.07 Å². The number of nitrogens with zero attached hydrogens (tertiary/aromatic N) is 1. The van der Waals surface area contributed by atoms with Crippen LogP contribution in [0.15, 0.2) is 30.3 Å². The highest BCUT2D eigenvalue weighted by Gasteiger charge is 2.19. The highest BCUT2D eigenvalue weighted by molar-refractivity contribution is 6.31. The molecule has 0 atom stereocenters. The average Bonchev–Trinajstić information content (AvgIpc) is 2.49. The van der Waals surface area contributed by atoms with Gasteiger partial charge < -0.3 is 10.1 Å². The van der Waals surface area contributed by atoms with Crippen molar-refractivity contribution in [1.82, 2.24) is 0 Å². The van der Waals surface area contributed by atoms with Crippen LogP contribution in [-0.4, -0.2) is 17.4 Å². The van der Waals surface area contributed by atoms with Gasteiger partial charge in [-0.1, -0.05) is 23.7 Å². The van der Waals surface area contributed by atoms with E-state index in [9.17, 15) is 14.9 Å². The lowest BCUT2D eigenvalue weighted by atomic mass is 10.1. The Labute approximate surface area is 144 Å². The Balaban J connectivity index is 2.12. The molecule has 0 aliphatic heterocycles. The Bertz CT molecular complexity index is 805. The molecule has 1 N–H and O–H groups in total. The predicted octanol–water partition coefficient (Wildman–Crippen LogP) is 4.19. The Hall–Kier alpha value is -2.60. The number of ether oxygens (including phenoxy) is 1. The molecule has 0 heterocycles. The van der Waals surface area contributed by atoms with Gasteiger partial charge in [-0.2, -0.15) is 0 Å². The maximum atomic E-state index is 12.1. The van der Waals surface area contributed by atoms with Crippen LogP contribution in [0.4, 0.5) is 11.4 Å². The fourth-order valence-electron chi connectivity index (χ4n) is 2.31. The van der Waals surface area contributed by atoms with Crippen molar-refractivity contribution in [3.05, 3.63) is 62.2 Å². The Morgan fingerprint density at radius 1 is 1.21 bits per heavy atom. The van der Waals surface area contributed by atoms with Crippen LogP contribution in [0, 0.1) is 30.9 Å². The summed E-state index contributed by atoms with van der Waals surface area (Å²) >= 11 is 5.91. The number of hydrogen-bond acceptors (Lipinski definition) is 4. The first-order valence-electron chi connectivity index (χ1n) is 7.22. The second-order valence-electron chi connectivity index (χ2n) is 5.48. The molecule has 0 fully saturated rings. The topological polar surface area (TPSA) is 81.5 Å². The van der Waals surface area contributed by atoms with Crippen LogP contribution in [0.1, 0.15) is 16.7 Å². The molecular formula is C17H17ClN2O4. The number of hydrogen-bond donors (Lipinski definition) is 1. The summed E-state index contributed by atoms with van der Waals surface area (Å²) in [6, 6.07) is 8.33. The van der Waals surface area contributed by atoms with Crippen molar-refractivity contribution >= 4 is 28.9 Å². The summed E-state index contributed by atoms with van der Waals surface area (Å²) < 4.78 is 5.40. The molecule has 0 saturated heterocycles. The van der Waals surface area contributed by atoms with Gasteiger partial charge in [0.2, 0.25) is 5.75 Å². The fraction of sp³-hybridized carbons (Fsp3) is 0.235. The van der Waals surface area contributed by atoms with Crippen LogP contribution in [-0.2, 0) is 4.79 Å². The van der Waals surface area contributed by atoms with E-state index in [0.717, 1.165) is 11.1 Å². The van der Waals surface area contributed by atoms with Gasteiger partial charge in [-0.25, -0.2) is 0 Å². The number of halogens is 1. The van der Waals surface area contributed by atoms with Crippen molar-refractivity contribution in [2.75, 3.05) is 11.9 Å². The summed E-state index contributed by atoms with van der Waals surface area (Å²) in [6.45, 7) is 4.96. The SMILES string of the molecule is Cc1cc(C)c(OCC(=O)Nc2cc(Cl)ccc2C)c([N+](=O)[O-])c1. The lowest BCUT2D eigenvalue weighted by molar-refractivity contribution is -0.385. The first kappa shape index (κ1) is 17.7. The molecule has 0 aliphatic rings. The van der Waals surface area contributed by atoms with E-state index in [-0.39, 0.29) is 18.0 Å². The molecule has 2 aromatic carbocycles. The quantitative estimate of drug-likeness (QED) is 0.648. The predicted molar refractivity (Wildman–Crippen MR) is 92.9 cm³/mol. The Morgan fingerprint density at radius 2 is 1.92 bits per heavy atom. The first-order valence-corrected chi connectivity index (χ1v) is 7.60.